The molecule has 0 amide bonds. The normalized spacial score (nSPS) is 36.0. The highest BCUT2D eigenvalue weighted by molar-refractivity contribution is 7.86. The van der Waals surface area contributed by atoms with Crippen molar-refractivity contribution >= 4 is 20.2 Å². The van der Waals surface area contributed by atoms with Crippen molar-refractivity contribution in [3.8, 4) is 0 Å². The Morgan fingerprint density at radius 3 is 2.00 bits per heavy atom. The molecule has 0 aromatic rings. The maximum absolute atomic E-state index is 11.5. The van der Waals surface area contributed by atoms with Crippen LogP contribution in [0.3, 0.4) is 0 Å². The highest BCUT2D eigenvalue weighted by Gasteiger charge is 2.54. The van der Waals surface area contributed by atoms with Gasteiger partial charge in [-0.2, -0.15) is 16.8 Å². The molecule has 0 aliphatic heterocycles. The lowest BCUT2D eigenvalue weighted by Gasteiger charge is -2.59. The van der Waals surface area contributed by atoms with E-state index in [9.17, 15) is 16.8 Å². The summed E-state index contributed by atoms with van der Waals surface area (Å²) in [7, 11) is -7.06. The third-order valence-corrected chi connectivity index (χ3v) is 7.60. The lowest BCUT2D eigenvalue weighted by Crippen LogP contribution is -2.53. The molecule has 2 fully saturated rings. The summed E-state index contributed by atoms with van der Waals surface area (Å²) in [5, 5.41) is 0. The average molecular weight is 397 g/mol. The summed E-state index contributed by atoms with van der Waals surface area (Å²) in [5.74, 6) is 0.408. The second-order valence-electron chi connectivity index (χ2n) is 8.82. The van der Waals surface area contributed by atoms with Crippen LogP contribution in [0.15, 0.2) is 0 Å². The first-order valence-corrected chi connectivity index (χ1v) is 12.6. The molecule has 2 saturated carbocycles. The highest BCUT2D eigenvalue weighted by atomic mass is 32.2. The van der Waals surface area contributed by atoms with Gasteiger partial charge in [-0.3, -0.25) is 8.37 Å². The smallest absolute Gasteiger partial charge is 0.264 e. The Morgan fingerprint density at radius 2 is 1.44 bits per heavy atom. The minimum absolute atomic E-state index is 0.0216. The second kappa shape index (κ2) is 7.09. The van der Waals surface area contributed by atoms with Crippen LogP contribution in [0, 0.1) is 28.6 Å². The van der Waals surface area contributed by atoms with Gasteiger partial charge >= 0.3 is 0 Å². The molecule has 0 unspecified atom stereocenters. The number of hydrogen-bond acceptors (Lipinski definition) is 6. The Hall–Kier alpha value is -0.180. The standard InChI is InChI=1S/C17H32O6S2/c1-16(2)9-6-10-17(3)14(12-23-25(5,20)21)13(7-8-15(16)17)11-22-24(4,18)19/h13-15H,6-12H2,1-5H3/t13-,14+,15+,17-/m1/s1. The van der Waals surface area contributed by atoms with Gasteiger partial charge in [0.05, 0.1) is 25.7 Å². The highest BCUT2D eigenvalue weighted by Crippen LogP contribution is 2.61. The van der Waals surface area contributed by atoms with E-state index in [1.165, 1.54) is 0 Å². The molecule has 0 N–H and O–H groups in total. The van der Waals surface area contributed by atoms with Crippen molar-refractivity contribution in [2.75, 3.05) is 25.7 Å². The molecular formula is C17H32O6S2. The van der Waals surface area contributed by atoms with E-state index < -0.39 is 20.2 Å². The molecule has 0 radical (unpaired) electrons. The molecule has 0 aromatic heterocycles. The zero-order valence-corrected chi connectivity index (χ0v) is 17.6. The maximum atomic E-state index is 11.5. The van der Waals surface area contributed by atoms with Crippen LogP contribution < -0.4 is 0 Å². The molecule has 0 bridgehead atoms. The van der Waals surface area contributed by atoms with E-state index >= 15 is 0 Å². The van der Waals surface area contributed by atoms with E-state index in [0.717, 1.165) is 44.6 Å². The third kappa shape index (κ3) is 5.17. The SMILES string of the molecule is CC1(C)CCC[C@]2(C)[C@@H](COS(C)(=O)=O)[C@@H](COS(C)(=O)=O)CC[C@@H]12. The molecular weight excluding hydrogens is 364 g/mol. The van der Waals surface area contributed by atoms with Crippen LogP contribution in [0.25, 0.3) is 0 Å². The largest absolute Gasteiger partial charge is 0.270 e. The van der Waals surface area contributed by atoms with Crippen LogP contribution in [0.4, 0.5) is 0 Å². The van der Waals surface area contributed by atoms with Crippen molar-refractivity contribution in [3.05, 3.63) is 0 Å². The number of fused-ring (bicyclic) bond motifs is 1. The fourth-order valence-corrected chi connectivity index (χ4v) is 6.20. The van der Waals surface area contributed by atoms with Crippen molar-refractivity contribution in [2.45, 2.75) is 52.9 Å². The summed E-state index contributed by atoms with van der Waals surface area (Å²) in [4.78, 5) is 0. The third-order valence-electron chi connectivity index (χ3n) is 6.48. The van der Waals surface area contributed by atoms with Crippen molar-refractivity contribution in [3.63, 3.8) is 0 Å². The predicted molar refractivity (Wildman–Crippen MR) is 97.0 cm³/mol. The van der Waals surface area contributed by atoms with Crippen LogP contribution in [0.5, 0.6) is 0 Å². The first-order valence-electron chi connectivity index (χ1n) is 8.93. The lowest BCUT2D eigenvalue weighted by molar-refractivity contribution is -0.114. The van der Waals surface area contributed by atoms with Gasteiger partial charge in [0.15, 0.2) is 0 Å². The minimum atomic E-state index is -3.54. The van der Waals surface area contributed by atoms with Gasteiger partial charge in [0, 0.05) is 0 Å². The van der Waals surface area contributed by atoms with Gasteiger partial charge in [0.1, 0.15) is 0 Å². The molecule has 8 heteroatoms. The Balaban J connectivity index is 2.29. The van der Waals surface area contributed by atoms with Crippen LogP contribution in [-0.4, -0.2) is 42.6 Å². The van der Waals surface area contributed by atoms with Gasteiger partial charge < -0.3 is 0 Å². The quantitative estimate of drug-likeness (QED) is 0.642. The van der Waals surface area contributed by atoms with Gasteiger partial charge in [-0.15, -0.1) is 0 Å². The van der Waals surface area contributed by atoms with Crippen LogP contribution in [0.1, 0.15) is 52.9 Å². The van der Waals surface area contributed by atoms with Gasteiger partial charge in [-0.1, -0.05) is 27.2 Å². The summed E-state index contributed by atoms with van der Waals surface area (Å²) < 4.78 is 56.2. The summed E-state index contributed by atoms with van der Waals surface area (Å²) >= 11 is 0. The predicted octanol–water partition coefficient (Wildman–Crippen LogP) is 2.80. The molecule has 0 spiro atoms. The Kier molecular flexibility index (Phi) is 5.99. The summed E-state index contributed by atoms with van der Waals surface area (Å²) in [6.45, 7) is 6.99. The Morgan fingerprint density at radius 1 is 0.880 bits per heavy atom. The van der Waals surface area contributed by atoms with Gasteiger partial charge in [0.25, 0.3) is 20.2 Å². The molecule has 0 saturated heterocycles. The van der Waals surface area contributed by atoms with Gasteiger partial charge in [0.2, 0.25) is 0 Å². The zero-order chi connectivity index (χ0) is 19.1. The minimum Gasteiger partial charge on any atom is -0.270 e. The van der Waals surface area contributed by atoms with Crippen LogP contribution in [0.2, 0.25) is 0 Å². The van der Waals surface area contributed by atoms with Crippen LogP contribution >= 0.6 is 0 Å². The number of rotatable bonds is 6. The maximum Gasteiger partial charge on any atom is 0.264 e. The van der Waals surface area contributed by atoms with E-state index in [4.69, 9.17) is 8.37 Å². The molecule has 6 nitrogen and oxygen atoms in total. The van der Waals surface area contributed by atoms with E-state index in [-0.39, 0.29) is 35.9 Å². The molecule has 0 heterocycles. The Labute approximate surface area is 152 Å². The summed E-state index contributed by atoms with van der Waals surface area (Å²) in [6, 6.07) is 0. The Bertz CT molecular complexity index is 682. The fraction of sp³-hybridized carbons (Fsp3) is 1.00. The molecule has 4 atom stereocenters. The molecule has 0 aromatic carbocycles. The summed E-state index contributed by atoms with van der Waals surface area (Å²) in [5.41, 5.74) is 0.120. The van der Waals surface area contributed by atoms with E-state index in [1.807, 2.05) is 0 Å². The molecule has 2 aliphatic carbocycles. The van der Waals surface area contributed by atoms with E-state index in [2.05, 4.69) is 20.8 Å². The first-order chi connectivity index (χ1) is 11.2. The van der Waals surface area contributed by atoms with Crippen molar-refractivity contribution in [2.24, 2.45) is 28.6 Å². The molecule has 2 aliphatic rings. The lowest BCUT2D eigenvalue weighted by atomic mass is 9.46. The molecule has 2 rings (SSSR count). The topological polar surface area (TPSA) is 86.7 Å². The first kappa shape index (κ1) is 21.1. The van der Waals surface area contributed by atoms with E-state index in [1.54, 1.807) is 0 Å². The van der Waals surface area contributed by atoms with Gasteiger partial charge in [-0.05, 0) is 54.3 Å². The number of hydrogen-bond donors (Lipinski definition) is 0. The fourth-order valence-electron chi connectivity index (χ4n) is 5.38. The molecule has 25 heavy (non-hydrogen) atoms. The summed E-state index contributed by atoms with van der Waals surface area (Å²) in [6.07, 6.45) is 7.21. The zero-order valence-electron chi connectivity index (χ0n) is 15.9. The molecule has 148 valence electrons. The van der Waals surface area contributed by atoms with E-state index in [0.29, 0.717) is 5.92 Å². The van der Waals surface area contributed by atoms with Gasteiger partial charge in [-0.25, -0.2) is 0 Å². The average Bonchev–Trinajstić information content (AvgIpc) is 2.40. The van der Waals surface area contributed by atoms with Crippen molar-refractivity contribution in [1.82, 2.24) is 0 Å². The monoisotopic (exact) mass is 396 g/mol. The second-order valence-corrected chi connectivity index (χ2v) is 12.1. The van der Waals surface area contributed by atoms with Crippen molar-refractivity contribution in [1.29, 1.82) is 0 Å². The van der Waals surface area contributed by atoms with Crippen molar-refractivity contribution < 1.29 is 25.2 Å². The van der Waals surface area contributed by atoms with Crippen LogP contribution in [-0.2, 0) is 28.6 Å².